The molecule has 0 atom stereocenters. The lowest BCUT2D eigenvalue weighted by atomic mass is 10.1. The van der Waals surface area contributed by atoms with E-state index >= 15 is 0 Å². The van der Waals surface area contributed by atoms with E-state index < -0.39 is 0 Å². The highest BCUT2D eigenvalue weighted by atomic mass is 16.3. The number of aromatic hydroxyl groups is 2. The lowest BCUT2D eigenvalue weighted by Gasteiger charge is -2.02. The van der Waals surface area contributed by atoms with Crippen LogP contribution in [0.15, 0.2) is 72.8 Å². The van der Waals surface area contributed by atoms with Crippen molar-refractivity contribution in [2.75, 3.05) is 0 Å². The number of rotatable bonds is 0. The van der Waals surface area contributed by atoms with E-state index in [0.717, 1.165) is 11.1 Å². The summed E-state index contributed by atoms with van der Waals surface area (Å²) in [6.45, 7) is 0. The van der Waals surface area contributed by atoms with Crippen molar-refractivity contribution in [1.29, 1.82) is 0 Å². The molecule has 0 bridgehead atoms. The molecule has 0 amide bonds. The van der Waals surface area contributed by atoms with Crippen molar-refractivity contribution in [3.05, 3.63) is 95.1 Å². The van der Waals surface area contributed by atoms with Gasteiger partial charge in [-0.25, -0.2) is 0 Å². The van der Waals surface area contributed by atoms with E-state index in [0.29, 0.717) is 11.1 Å². The first-order chi connectivity index (χ1) is 11.7. The van der Waals surface area contributed by atoms with E-state index in [2.05, 4.69) is 23.7 Å². The standard InChI is InChI=1S/C22H14O2/c23-21-19(13-11-17-7-3-1-4-8-17)15-16-20(22(21)24)14-12-18-9-5-2-6-10-18/h1-10,15-16,23-24H. The van der Waals surface area contributed by atoms with Gasteiger partial charge in [0.2, 0.25) is 0 Å². The predicted molar refractivity (Wildman–Crippen MR) is 94.6 cm³/mol. The summed E-state index contributed by atoms with van der Waals surface area (Å²) >= 11 is 0. The van der Waals surface area contributed by atoms with Gasteiger partial charge in [-0.15, -0.1) is 0 Å². The van der Waals surface area contributed by atoms with Crippen LogP contribution in [0.4, 0.5) is 0 Å². The minimum absolute atomic E-state index is 0.252. The van der Waals surface area contributed by atoms with Crippen molar-refractivity contribution in [3.8, 4) is 35.2 Å². The Balaban J connectivity index is 1.90. The van der Waals surface area contributed by atoms with E-state index in [1.54, 1.807) is 12.1 Å². The molecule has 3 aromatic carbocycles. The second-order valence-corrected chi connectivity index (χ2v) is 5.09. The van der Waals surface area contributed by atoms with Crippen molar-refractivity contribution in [2.24, 2.45) is 0 Å². The smallest absolute Gasteiger partial charge is 0.174 e. The zero-order valence-electron chi connectivity index (χ0n) is 12.8. The van der Waals surface area contributed by atoms with Crippen LogP contribution in [0.2, 0.25) is 0 Å². The Labute approximate surface area is 141 Å². The number of hydrogen-bond acceptors (Lipinski definition) is 2. The van der Waals surface area contributed by atoms with E-state index in [-0.39, 0.29) is 11.5 Å². The van der Waals surface area contributed by atoms with Gasteiger partial charge in [-0.1, -0.05) is 60.1 Å². The molecule has 24 heavy (non-hydrogen) atoms. The molecule has 2 heteroatoms. The van der Waals surface area contributed by atoms with Gasteiger partial charge >= 0.3 is 0 Å². The molecule has 0 fully saturated rings. The Morgan fingerprint density at radius 2 is 0.833 bits per heavy atom. The lowest BCUT2D eigenvalue weighted by molar-refractivity contribution is 0.402. The highest BCUT2D eigenvalue weighted by Gasteiger charge is 2.08. The van der Waals surface area contributed by atoms with E-state index in [9.17, 15) is 10.2 Å². The van der Waals surface area contributed by atoms with Gasteiger partial charge in [-0.05, 0) is 36.4 Å². The molecular formula is C22H14O2. The van der Waals surface area contributed by atoms with Crippen molar-refractivity contribution < 1.29 is 10.2 Å². The SMILES string of the molecule is Oc1c(C#Cc2ccccc2)ccc(C#Cc2ccccc2)c1O. The number of phenolic OH excluding ortho intramolecular Hbond substituents is 2. The first-order valence-electron chi connectivity index (χ1n) is 7.43. The third-order valence-corrected chi connectivity index (χ3v) is 3.38. The number of phenols is 2. The fourth-order valence-corrected chi connectivity index (χ4v) is 2.10. The van der Waals surface area contributed by atoms with Crippen molar-refractivity contribution in [3.63, 3.8) is 0 Å². The summed E-state index contributed by atoms with van der Waals surface area (Å²) in [6, 6.07) is 22.2. The van der Waals surface area contributed by atoms with Gasteiger partial charge in [0.25, 0.3) is 0 Å². The minimum atomic E-state index is -0.252. The fraction of sp³-hybridized carbons (Fsp3) is 0. The summed E-state index contributed by atoms with van der Waals surface area (Å²) in [7, 11) is 0. The molecule has 3 rings (SSSR count). The molecule has 0 saturated heterocycles. The van der Waals surface area contributed by atoms with Gasteiger partial charge in [0.05, 0.1) is 11.1 Å². The Hall–Kier alpha value is -3.62. The van der Waals surface area contributed by atoms with Gasteiger partial charge in [0.15, 0.2) is 11.5 Å². The summed E-state index contributed by atoms with van der Waals surface area (Å²) in [6.07, 6.45) is 0. The van der Waals surface area contributed by atoms with Crippen LogP contribution in [0.5, 0.6) is 11.5 Å². The topological polar surface area (TPSA) is 40.5 Å². The van der Waals surface area contributed by atoms with Crippen LogP contribution in [0.25, 0.3) is 0 Å². The van der Waals surface area contributed by atoms with Gasteiger partial charge in [0, 0.05) is 11.1 Å². The maximum absolute atomic E-state index is 10.1. The maximum atomic E-state index is 10.1. The number of benzene rings is 3. The average molecular weight is 310 g/mol. The molecule has 0 radical (unpaired) electrons. The normalized spacial score (nSPS) is 9.33. The maximum Gasteiger partial charge on any atom is 0.174 e. The molecule has 0 aliphatic carbocycles. The molecule has 3 aromatic rings. The summed E-state index contributed by atoms with van der Waals surface area (Å²) in [4.78, 5) is 0. The zero-order valence-corrected chi connectivity index (χ0v) is 12.8. The highest BCUT2D eigenvalue weighted by molar-refractivity contribution is 5.62. The molecule has 2 nitrogen and oxygen atoms in total. The summed E-state index contributed by atoms with van der Waals surface area (Å²) < 4.78 is 0. The molecule has 0 unspecified atom stereocenters. The first kappa shape index (κ1) is 15.3. The molecule has 2 N–H and O–H groups in total. The van der Waals surface area contributed by atoms with Crippen LogP contribution in [0.3, 0.4) is 0 Å². The minimum Gasteiger partial charge on any atom is -0.503 e. The highest BCUT2D eigenvalue weighted by Crippen LogP contribution is 2.31. The van der Waals surface area contributed by atoms with Crippen LogP contribution in [0, 0.1) is 23.7 Å². The molecule has 0 heterocycles. The summed E-state index contributed by atoms with van der Waals surface area (Å²) in [5.74, 6) is 11.1. The third kappa shape index (κ3) is 3.58. The Morgan fingerprint density at radius 1 is 0.458 bits per heavy atom. The molecule has 0 aliphatic heterocycles. The average Bonchev–Trinajstić information content (AvgIpc) is 2.64. The predicted octanol–water partition coefficient (Wildman–Crippen LogP) is 3.90. The largest absolute Gasteiger partial charge is 0.503 e. The van der Waals surface area contributed by atoms with Crippen molar-refractivity contribution in [1.82, 2.24) is 0 Å². The van der Waals surface area contributed by atoms with E-state index in [1.807, 2.05) is 60.7 Å². The molecule has 0 aromatic heterocycles. The third-order valence-electron chi connectivity index (χ3n) is 3.38. The summed E-state index contributed by atoms with van der Waals surface area (Å²) in [5.41, 5.74) is 2.40. The van der Waals surface area contributed by atoms with Crippen LogP contribution < -0.4 is 0 Å². The second kappa shape index (κ2) is 7.09. The van der Waals surface area contributed by atoms with E-state index in [1.165, 1.54) is 0 Å². The fourth-order valence-electron chi connectivity index (χ4n) is 2.10. The molecular weight excluding hydrogens is 296 g/mol. The quantitative estimate of drug-likeness (QED) is 0.488. The Morgan fingerprint density at radius 3 is 1.21 bits per heavy atom. The van der Waals surface area contributed by atoms with Gasteiger partial charge < -0.3 is 10.2 Å². The van der Waals surface area contributed by atoms with Crippen LogP contribution in [-0.2, 0) is 0 Å². The first-order valence-corrected chi connectivity index (χ1v) is 7.43. The lowest BCUT2D eigenvalue weighted by Crippen LogP contribution is -1.83. The number of hydrogen-bond donors (Lipinski definition) is 2. The van der Waals surface area contributed by atoms with Crippen LogP contribution in [-0.4, -0.2) is 10.2 Å². The van der Waals surface area contributed by atoms with Crippen LogP contribution >= 0.6 is 0 Å². The zero-order chi connectivity index (χ0) is 16.8. The van der Waals surface area contributed by atoms with E-state index in [4.69, 9.17) is 0 Å². The second-order valence-electron chi connectivity index (χ2n) is 5.09. The molecule has 0 saturated carbocycles. The van der Waals surface area contributed by atoms with Gasteiger partial charge in [0.1, 0.15) is 0 Å². The molecule has 0 aliphatic rings. The van der Waals surface area contributed by atoms with Crippen molar-refractivity contribution >= 4 is 0 Å². The Kier molecular flexibility index (Phi) is 4.52. The molecule has 114 valence electrons. The van der Waals surface area contributed by atoms with Gasteiger partial charge in [-0.3, -0.25) is 0 Å². The van der Waals surface area contributed by atoms with Crippen molar-refractivity contribution in [2.45, 2.75) is 0 Å². The van der Waals surface area contributed by atoms with Crippen LogP contribution in [0.1, 0.15) is 22.3 Å². The summed E-state index contributed by atoms with van der Waals surface area (Å²) in [5, 5.41) is 20.3. The monoisotopic (exact) mass is 310 g/mol. The van der Waals surface area contributed by atoms with Gasteiger partial charge in [-0.2, -0.15) is 0 Å². The molecule has 0 spiro atoms. The Bertz CT molecular complexity index is 884.